The normalized spacial score (nSPS) is 23.7. The molecule has 0 fully saturated rings. The van der Waals surface area contributed by atoms with Crippen LogP contribution in [0.25, 0.3) is 0 Å². The van der Waals surface area contributed by atoms with Crippen molar-refractivity contribution in [2.45, 2.75) is 47.0 Å². The van der Waals surface area contributed by atoms with Crippen molar-refractivity contribution in [1.29, 1.82) is 0 Å². The van der Waals surface area contributed by atoms with Crippen LogP contribution in [0.2, 0.25) is 0 Å². The van der Waals surface area contributed by atoms with Crippen molar-refractivity contribution >= 4 is 0 Å². The zero-order chi connectivity index (χ0) is 9.19. The van der Waals surface area contributed by atoms with E-state index >= 15 is 0 Å². The SMILES string of the molecule is CC=CC1=C(C)CCCC1(C)C. The van der Waals surface area contributed by atoms with Crippen LogP contribution >= 0.6 is 0 Å². The molecule has 0 unspecified atom stereocenters. The lowest BCUT2D eigenvalue weighted by Gasteiger charge is -2.32. The Morgan fingerprint density at radius 3 is 2.50 bits per heavy atom. The summed E-state index contributed by atoms with van der Waals surface area (Å²) < 4.78 is 0. The number of allylic oxidation sites excluding steroid dienone is 4. The molecule has 0 bridgehead atoms. The van der Waals surface area contributed by atoms with Crippen molar-refractivity contribution in [1.82, 2.24) is 0 Å². The van der Waals surface area contributed by atoms with Gasteiger partial charge in [0.05, 0.1) is 0 Å². The van der Waals surface area contributed by atoms with E-state index in [4.69, 9.17) is 0 Å². The third-order valence-corrected chi connectivity index (χ3v) is 2.88. The molecule has 12 heavy (non-hydrogen) atoms. The van der Waals surface area contributed by atoms with Gasteiger partial charge in [-0.05, 0) is 44.1 Å². The molecule has 1 rings (SSSR count). The van der Waals surface area contributed by atoms with E-state index in [9.17, 15) is 0 Å². The molecule has 0 nitrogen and oxygen atoms in total. The van der Waals surface area contributed by atoms with E-state index in [1.54, 1.807) is 11.1 Å². The summed E-state index contributed by atoms with van der Waals surface area (Å²) in [6.07, 6.45) is 8.44. The van der Waals surface area contributed by atoms with Crippen molar-refractivity contribution in [2.24, 2.45) is 5.41 Å². The summed E-state index contributed by atoms with van der Waals surface area (Å²) in [6.45, 7) is 9.08. The van der Waals surface area contributed by atoms with Crippen molar-refractivity contribution in [3.8, 4) is 0 Å². The highest BCUT2D eigenvalue weighted by molar-refractivity contribution is 5.32. The zero-order valence-corrected chi connectivity index (χ0v) is 8.78. The summed E-state index contributed by atoms with van der Waals surface area (Å²) in [5.74, 6) is 0. The topological polar surface area (TPSA) is 0 Å². The molecule has 0 saturated carbocycles. The Morgan fingerprint density at radius 2 is 2.00 bits per heavy atom. The maximum absolute atomic E-state index is 2.35. The average Bonchev–Trinajstić information content (AvgIpc) is 1.97. The Balaban J connectivity index is 3.00. The fourth-order valence-electron chi connectivity index (χ4n) is 2.18. The van der Waals surface area contributed by atoms with Gasteiger partial charge in [-0.25, -0.2) is 0 Å². The van der Waals surface area contributed by atoms with E-state index in [0.717, 1.165) is 0 Å². The Hall–Kier alpha value is -0.520. The molecule has 0 atom stereocenters. The first-order valence-electron chi connectivity index (χ1n) is 4.91. The van der Waals surface area contributed by atoms with Crippen molar-refractivity contribution in [3.63, 3.8) is 0 Å². The fraction of sp³-hybridized carbons (Fsp3) is 0.667. The van der Waals surface area contributed by atoms with Crippen LogP contribution in [0.5, 0.6) is 0 Å². The van der Waals surface area contributed by atoms with Crippen LogP contribution in [0.3, 0.4) is 0 Å². The molecular formula is C12H20. The molecule has 0 radical (unpaired) electrons. The van der Waals surface area contributed by atoms with Crippen LogP contribution in [-0.4, -0.2) is 0 Å². The summed E-state index contributed by atoms with van der Waals surface area (Å²) in [7, 11) is 0. The lowest BCUT2D eigenvalue weighted by Crippen LogP contribution is -2.18. The van der Waals surface area contributed by atoms with E-state index in [1.807, 2.05) is 0 Å². The van der Waals surface area contributed by atoms with Crippen molar-refractivity contribution in [2.75, 3.05) is 0 Å². The van der Waals surface area contributed by atoms with Gasteiger partial charge in [0.1, 0.15) is 0 Å². The van der Waals surface area contributed by atoms with Gasteiger partial charge < -0.3 is 0 Å². The second kappa shape index (κ2) is 3.47. The van der Waals surface area contributed by atoms with Crippen LogP contribution in [0.15, 0.2) is 23.3 Å². The van der Waals surface area contributed by atoms with Gasteiger partial charge in [-0.2, -0.15) is 0 Å². The second-order valence-electron chi connectivity index (χ2n) is 4.43. The predicted octanol–water partition coefficient (Wildman–Crippen LogP) is 4.09. The van der Waals surface area contributed by atoms with Gasteiger partial charge in [0.2, 0.25) is 0 Å². The highest BCUT2D eigenvalue weighted by atomic mass is 14.3. The molecule has 0 aromatic rings. The van der Waals surface area contributed by atoms with Crippen molar-refractivity contribution in [3.05, 3.63) is 23.3 Å². The molecule has 1 aliphatic rings. The minimum Gasteiger partial charge on any atom is -0.0874 e. The van der Waals surface area contributed by atoms with Crippen LogP contribution in [0.1, 0.15) is 47.0 Å². The molecule has 0 heterocycles. The van der Waals surface area contributed by atoms with Crippen LogP contribution < -0.4 is 0 Å². The van der Waals surface area contributed by atoms with Gasteiger partial charge in [0.15, 0.2) is 0 Å². The molecule has 0 aliphatic heterocycles. The number of rotatable bonds is 1. The van der Waals surface area contributed by atoms with Crippen LogP contribution in [-0.2, 0) is 0 Å². The number of hydrogen-bond acceptors (Lipinski definition) is 0. The summed E-state index contributed by atoms with van der Waals surface area (Å²) in [5, 5.41) is 0. The van der Waals surface area contributed by atoms with Gasteiger partial charge in [0, 0.05) is 0 Å². The molecule has 0 heteroatoms. The quantitative estimate of drug-likeness (QED) is 0.547. The van der Waals surface area contributed by atoms with Gasteiger partial charge in [-0.15, -0.1) is 0 Å². The number of hydrogen-bond donors (Lipinski definition) is 0. The zero-order valence-electron chi connectivity index (χ0n) is 8.78. The largest absolute Gasteiger partial charge is 0.0874 e. The third kappa shape index (κ3) is 1.80. The highest BCUT2D eigenvalue weighted by Gasteiger charge is 2.26. The Bertz CT molecular complexity index is 216. The Labute approximate surface area is 76.4 Å². The molecule has 0 saturated heterocycles. The minimum absolute atomic E-state index is 0.412. The van der Waals surface area contributed by atoms with Gasteiger partial charge in [-0.3, -0.25) is 0 Å². The maximum atomic E-state index is 2.35. The summed E-state index contributed by atoms with van der Waals surface area (Å²) in [6, 6.07) is 0. The monoisotopic (exact) mass is 164 g/mol. The molecule has 0 aromatic heterocycles. The molecule has 0 N–H and O–H groups in total. The smallest absolute Gasteiger partial charge is 0.0104 e. The van der Waals surface area contributed by atoms with Gasteiger partial charge >= 0.3 is 0 Å². The minimum atomic E-state index is 0.412. The van der Waals surface area contributed by atoms with E-state index in [0.29, 0.717) is 5.41 Å². The Kier molecular flexibility index (Phi) is 2.76. The fourth-order valence-corrected chi connectivity index (χ4v) is 2.18. The highest BCUT2D eigenvalue weighted by Crippen LogP contribution is 2.40. The molecule has 0 amide bonds. The summed E-state index contributed by atoms with van der Waals surface area (Å²) >= 11 is 0. The molecule has 0 spiro atoms. The molecule has 0 aromatic carbocycles. The first-order chi connectivity index (χ1) is 5.58. The van der Waals surface area contributed by atoms with Crippen molar-refractivity contribution < 1.29 is 0 Å². The van der Waals surface area contributed by atoms with Gasteiger partial charge in [0.25, 0.3) is 0 Å². The molecule has 68 valence electrons. The molecule has 1 aliphatic carbocycles. The van der Waals surface area contributed by atoms with Crippen LogP contribution in [0.4, 0.5) is 0 Å². The van der Waals surface area contributed by atoms with Gasteiger partial charge in [-0.1, -0.05) is 31.6 Å². The first-order valence-corrected chi connectivity index (χ1v) is 4.91. The second-order valence-corrected chi connectivity index (χ2v) is 4.43. The van der Waals surface area contributed by atoms with E-state index in [1.165, 1.54) is 19.3 Å². The standard InChI is InChI=1S/C12H20/c1-5-7-11-10(2)8-6-9-12(11,3)4/h5,7H,6,8-9H2,1-4H3. The first kappa shape index (κ1) is 9.57. The average molecular weight is 164 g/mol. The van der Waals surface area contributed by atoms with E-state index in [-0.39, 0.29) is 0 Å². The summed E-state index contributed by atoms with van der Waals surface area (Å²) in [4.78, 5) is 0. The molecular weight excluding hydrogens is 144 g/mol. The Morgan fingerprint density at radius 1 is 1.33 bits per heavy atom. The third-order valence-electron chi connectivity index (χ3n) is 2.88. The lowest BCUT2D eigenvalue weighted by atomic mass is 9.73. The summed E-state index contributed by atoms with van der Waals surface area (Å²) in [5.41, 5.74) is 3.56. The van der Waals surface area contributed by atoms with Crippen LogP contribution in [0, 0.1) is 5.41 Å². The van der Waals surface area contributed by atoms with E-state index < -0.39 is 0 Å². The predicted molar refractivity (Wildman–Crippen MR) is 55.1 cm³/mol. The maximum Gasteiger partial charge on any atom is -0.0104 e. The lowest BCUT2D eigenvalue weighted by molar-refractivity contribution is 0.376. The van der Waals surface area contributed by atoms with E-state index in [2.05, 4.69) is 39.8 Å².